The fraction of sp³-hybridized carbons (Fsp3) is 0.286. The molecule has 1 aromatic heterocycles. The van der Waals surface area contributed by atoms with Gasteiger partial charge in [0.1, 0.15) is 0 Å². The van der Waals surface area contributed by atoms with E-state index in [1.165, 1.54) is 11.3 Å². The van der Waals surface area contributed by atoms with Crippen molar-refractivity contribution in [3.8, 4) is 0 Å². The number of aliphatic carboxylic acids is 1. The first-order valence-corrected chi connectivity index (χ1v) is 4.24. The van der Waals surface area contributed by atoms with Crippen molar-refractivity contribution in [2.75, 3.05) is 5.73 Å². The molecule has 5 heteroatoms. The average Bonchev–Trinajstić information content (AvgIpc) is 2.34. The van der Waals surface area contributed by atoms with E-state index in [4.69, 9.17) is 16.6 Å². The molecule has 1 atom stereocenters. The molecule has 0 aliphatic carbocycles. The molecule has 0 aromatic carbocycles. The second kappa shape index (κ2) is 3.55. The number of carboxylic acids is 1. The number of nitrogen functional groups attached to an aromatic ring is 1. The van der Waals surface area contributed by atoms with E-state index in [0.717, 1.165) is 4.88 Å². The molecule has 0 unspecified atom stereocenters. The topological polar surface area (TPSA) is 89.3 Å². The standard InChI is InChI=1S/C7H10N2O2S/c8-4(3-7(10)11)5-1-2-6(9)12-5/h1-2,4H,3,8-9H2,(H,10,11)/t4-/m1/s1. The third-order valence-corrected chi connectivity index (χ3v) is 2.45. The van der Waals surface area contributed by atoms with Gasteiger partial charge in [0.2, 0.25) is 0 Å². The summed E-state index contributed by atoms with van der Waals surface area (Å²) in [5, 5.41) is 9.10. The molecule has 4 nitrogen and oxygen atoms in total. The zero-order valence-corrected chi connectivity index (χ0v) is 7.17. The minimum absolute atomic E-state index is 0.0556. The molecular formula is C7H10N2O2S. The van der Waals surface area contributed by atoms with Crippen molar-refractivity contribution in [3.05, 3.63) is 17.0 Å². The van der Waals surface area contributed by atoms with E-state index < -0.39 is 12.0 Å². The smallest absolute Gasteiger partial charge is 0.305 e. The van der Waals surface area contributed by atoms with Crippen LogP contribution in [-0.2, 0) is 4.79 Å². The minimum atomic E-state index is -0.894. The Kier molecular flexibility index (Phi) is 2.67. The zero-order valence-electron chi connectivity index (χ0n) is 6.36. The predicted molar refractivity (Wildman–Crippen MR) is 47.9 cm³/mol. The quantitative estimate of drug-likeness (QED) is 0.651. The van der Waals surface area contributed by atoms with Gasteiger partial charge >= 0.3 is 5.97 Å². The summed E-state index contributed by atoms with van der Waals surface area (Å²) < 4.78 is 0. The molecule has 0 fully saturated rings. The van der Waals surface area contributed by atoms with Crippen molar-refractivity contribution in [1.29, 1.82) is 0 Å². The van der Waals surface area contributed by atoms with Crippen LogP contribution in [0, 0.1) is 0 Å². The largest absolute Gasteiger partial charge is 0.481 e. The molecule has 1 heterocycles. The van der Waals surface area contributed by atoms with Gasteiger partial charge in [0.05, 0.1) is 11.4 Å². The first-order valence-electron chi connectivity index (χ1n) is 3.42. The highest BCUT2D eigenvalue weighted by Crippen LogP contribution is 2.25. The lowest BCUT2D eigenvalue weighted by molar-refractivity contribution is -0.137. The summed E-state index contributed by atoms with van der Waals surface area (Å²) in [6.07, 6.45) is -0.0556. The summed E-state index contributed by atoms with van der Waals surface area (Å²) in [6.45, 7) is 0. The van der Waals surface area contributed by atoms with Crippen molar-refractivity contribution in [1.82, 2.24) is 0 Å². The third kappa shape index (κ3) is 2.21. The van der Waals surface area contributed by atoms with Gasteiger partial charge in [-0.1, -0.05) is 0 Å². The molecule has 0 saturated heterocycles. The van der Waals surface area contributed by atoms with E-state index in [0.29, 0.717) is 5.00 Å². The number of rotatable bonds is 3. The van der Waals surface area contributed by atoms with Gasteiger partial charge in [-0.3, -0.25) is 4.79 Å². The van der Waals surface area contributed by atoms with E-state index >= 15 is 0 Å². The zero-order chi connectivity index (χ0) is 9.14. The Bertz CT molecular complexity index is 285. The van der Waals surface area contributed by atoms with Gasteiger partial charge in [0, 0.05) is 10.9 Å². The highest BCUT2D eigenvalue weighted by Gasteiger charge is 2.11. The van der Waals surface area contributed by atoms with Gasteiger partial charge in [0.25, 0.3) is 0 Å². The van der Waals surface area contributed by atoms with Crippen LogP contribution in [0.15, 0.2) is 12.1 Å². The van der Waals surface area contributed by atoms with E-state index in [-0.39, 0.29) is 6.42 Å². The van der Waals surface area contributed by atoms with Crippen LogP contribution in [0.3, 0.4) is 0 Å². The normalized spacial score (nSPS) is 12.8. The van der Waals surface area contributed by atoms with Crippen LogP contribution in [-0.4, -0.2) is 11.1 Å². The average molecular weight is 186 g/mol. The lowest BCUT2D eigenvalue weighted by Crippen LogP contribution is -2.13. The number of carbonyl (C=O) groups is 1. The Morgan fingerprint density at radius 3 is 2.75 bits per heavy atom. The Morgan fingerprint density at radius 1 is 1.67 bits per heavy atom. The van der Waals surface area contributed by atoms with Crippen molar-refractivity contribution >= 4 is 22.3 Å². The van der Waals surface area contributed by atoms with Crippen LogP contribution in [0.5, 0.6) is 0 Å². The summed E-state index contributed by atoms with van der Waals surface area (Å²) in [6, 6.07) is 3.04. The fourth-order valence-corrected chi connectivity index (χ4v) is 1.64. The predicted octanol–water partition coefficient (Wildman–Crippen LogP) is 0.805. The number of anilines is 1. The molecule has 0 radical (unpaired) electrons. The molecule has 0 bridgehead atoms. The molecule has 0 spiro atoms. The Morgan fingerprint density at radius 2 is 2.33 bits per heavy atom. The molecule has 0 aliphatic rings. The minimum Gasteiger partial charge on any atom is -0.481 e. The molecule has 0 aliphatic heterocycles. The maximum Gasteiger partial charge on any atom is 0.305 e. The van der Waals surface area contributed by atoms with Crippen LogP contribution in [0.4, 0.5) is 5.00 Å². The van der Waals surface area contributed by atoms with Gasteiger partial charge in [0.15, 0.2) is 0 Å². The second-order valence-electron chi connectivity index (χ2n) is 2.44. The maximum atomic E-state index is 10.3. The van der Waals surface area contributed by atoms with Crippen LogP contribution >= 0.6 is 11.3 Å². The Hall–Kier alpha value is -1.07. The van der Waals surface area contributed by atoms with Crippen molar-refractivity contribution in [2.45, 2.75) is 12.5 Å². The van der Waals surface area contributed by atoms with E-state index in [1.807, 2.05) is 0 Å². The monoisotopic (exact) mass is 186 g/mol. The van der Waals surface area contributed by atoms with Gasteiger partial charge in [-0.2, -0.15) is 0 Å². The summed E-state index contributed by atoms with van der Waals surface area (Å²) in [5.74, 6) is -0.894. The van der Waals surface area contributed by atoms with Crippen LogP contribution in [0.1, 0.15) is 17.3 Å². The number of hydrogen-bond acceptors (Lipinski definition) is 4. The van der Waals surface area contributed by atoms with Crippen LogP contribution in [0.25, 0.3) is 0 Å². The van der Waals surface area contributed by atoms with Gasteiger partial charge in [-0.05, 0) is 12.1 Å². The SMILES string of the molecule is Nc1ccc([C@H](N)CC(=O)O)s1. The molecule has 1 aromatic rings. The first-order chi connectivity index (χ1) is 5.59. The molecule has 0 amide bonds. The van der Waals surface area contributed by atoms with Crippen LogP contribution in [0.2, 0.25) is 0 Å². The number of hydrogen-bond donors (Lipinski definition) is 3. The van der Waals surface area contributed by atoms with Gasteiger partial charge in [-0.15, -0.1) is 11.3 Å². The first kappa shape index (κ1) is 9.02. The molecule has 12 heavy (non-hydrogen) atoms. The van der Waals surface area contributed by atoms with Crippen molar-refractivity contribution < 1.29 is 9.90 Å². The van der Waals surface area contributed by atoms with E-state index in [2.05, 4.69) is 0 Å². The summed E-state index contributed by atoms with van der Waals surface area (Å²) in [7, 11) is 0. The lowest BCUT2D eigenvalue weighted by Gasteiger charge is -2.04. The summed E-state index contributed by atoms with van der Waals surface area (Å²) in [4.78, 5) is 11.1. The maximum absolute atomic E-state index is 10.3. The molecule has 0 saturated carbocycles. The van der Waals surface area contributed by atoms with E-state index in [1.54, 1.807) is 12.1 Å². The summed E-state index contributed by atoms with van der Waals surface area (Å²) >= 11 is 1.33. The van der Waals surface area contributed by atoms with Gasteiger partial charge in [-0.25, -0.2) is 0 Å². The number of carboxylic acid groups (broad SMARTS) is 1. The molecular weight excluding hydrogens is 176 g/mol. The van der Waals surface area contributed by atoms with Crippen LogP contribution < -0.4 is 11.5 Å². The second-order valence-corrected chi connectivity index (χ2v) is 3.59. The summed E-state index contributed by atoms with van der Waals surface area (Å²) in [5.41, 5.74) is 11.0. The lowest BCUT2D eigenvalue weighted by atomic mass is 10.2. The van der Waals surface area contributed by atoms with Crippen molar-refractivity contribution in [3.63, 3.8) is 0 Å². The molecule has 66 valence electrons. The number of nitrogens with two attached hydrogens (primary N) is 2. The van der Waals surface area contributed by atoms with Crippen molar-refractivity contribution in [2.24, 2.45) is 5.73 Å². The molecule has 5 N–H and O–H groups in total. The highest BCUT2D eigenvalue weighted by atomic mass is 32.1. The fourth-order valence-electron chi connectivity index (χ4n) is 0.856. The Labute approximate surface area is 73.8 Å². The number of thiophene rings is 1. The van der Waals surface area contributed by atoms with E-state index in [9.17, 15) is 4.79 Å². The van der Waals surface area contributed by atoms with Gasteiger partial charge < -0.3 is 16.6 Å². The highest BCUT2D eigenvalue weighted by molar-refractivity contribution is 7.15. The Balaban J connectivity index is 2.64. The molecule has 1 rings (SSSR count). The third-order valence-electron chi connectivity index (χ3n) is 1.41.